The van der Waals surface area contributed by atoms with Gasteiger partial charge in [0.2, 0.25) is 5.91 Å². The first-order valence-corrected chi connectivity index (χ1v) is 13.4. The molecule has 2 N–H and O–H groups in total. The number of carbonyl (C=O) groups is 1. The molecule has 4 nitrogen and oxygen atoms in total. The molecule has 1 heterocycles. The number of amides is 1. The quantitative estimate of drug-likeness (QED) is 0.252. The van der Waals surface area contributed by atoms with Crippen LogP contribution in [0, 0.1) is 0 Å². The number of rotatable bonds is 14. The number of hydrogen-bond acceptors (Lipinski definition) is 3. The predicted molar refractivity (Wildman–Crippen MR) is 138 cm³/mol. The number of hydrogen-bond donors (Lipinski definition) is 2. The maximum Gasteiger partial charge on any atom is 0.246 e. The molecule has 31 heavy (non-hydrogen) atoms. The Hall–Kier alpha value is -1.80. The second-order valence-electron chi connectivity index (χ2n) is 8.52. The number of para-hydroxylation sites is 1. The summed E-state index contributed by atoms with van der Waals surface area (Å²) < 4.78 is 0. The fourth-order valence-corrected chi connectivity index (χ4v) is 5.08. The van der Waals surface area contributed by atoms with Crippen LogP contribution in [0.5, 0.6) is 0 Å². The minimum Gasteiger partial charge on any atom is -0.384 e. The Morgan fingerprint density at radius 2 is 1.87 bits per heavy atom. The number of unbranched alkanes of at least 4 members (excludes halogenated alkanes) is 5. The molecule has 0 spiro atoms. The first-order valence-electron chi connectivity index (χ1n) is 12.0. The lowest BCUT2D eigenvalue weighted by atomic mass is 9.99. The van der Waals surface area contributed by atoms with Crippen molar-refractivity contribution in [3.8, 4) is 0 Å². The minimum atomic E-state index is -0.304. The number of carbonyl (C=O) groups excluding carboxylic acids is 1. The fourth-order valence-electron chi connectivity index (χ4n) is 4.20. The predicted octanol–water partition coefficient (Wildman–Crippen LogP) is 6.57. The highest BCUT2D eigenvalue weighted by atomic mass is 31.1. The van der Waals surface area contributed by atoms with Crippen molar-refractivity contribution in [2.24, 2.45) is 0 Å². The molecule has 1 amide bonds. The van der Waals surface area contributed by atoms with Gasteiger partial charge in [-0.1, -0.05) is 90.2 Å². The zero-order valence-corrected chi connectivity index (χ0v) is 20.8. The molecule has 172 valence electrons. The monoisotopic (exact) mass is 443 g/mol. The van der Waals surface area contributed by atoms with Crippen LogP contribution in [0.3, 0.4) is 0 Å². The molecule has 1 aromatic carbocycles. The lowest BCUT2D eigenvalue weighted by Crippen LogP contribution is -2.47. The first-order chi connectivity index (χ1) is 15.0. The van der Waals surface area contributed by atoms with Gasteiger partial charge >= 0.3 is 0 Å². The van der Waals surface area contributed by atoms with Gasteiger partial charge in [0.25, 0.3) is 0 Å². The maximum atomic E-state index is 13.0. The van der Waals surface area contributed by atoms with Crippen molar-refractivity contribution >= 4 is 25.9 Å². The smallest absolute Gasteiger partial charge is 0.246 e. The molecule has 0 saturated heterocycles. The summed E-state index contributed by atoms with van der Waals surface area (Å²) in [5.74, 6) is 0.0136. The van der Waals surface area contributed by atoms with Crippen molar-refractivity contribution in [2.45, 2.75) is 84.2 Å². The van der Waals surface area contributed by atoms with Crippen LogP contribution in [-0.2, 0) is 4.79 Å². The van der Waals surface area contributed by atoms with Crippen molar-refractivity contribution < 1.29 is 4.79 Å². The third-order valence-corrected chi connectivity index (χ3v) is 7.32. The van der Waals surface area contributed by atoms with E-state index in [1.54, 1.807) is 0 Å². The van der Waals surface area contributed by atoms with Crippen molar-refractivity contribution in [3.63, 3.8) is 0 Å². The molecule has 2 rings (SSSR count). The molecule has 3 atom stereocenters. The summed E-state index contributed by atoms with van der Waals surface area (Å²) in [6.45, 7) is 15.3. The van der Waals surface area contributed by atoms with Crippen molar-refractivity contribution in [1.29, 1.82) is 0 Å². The number of anilines is 1. The van der Waals surface area contributed by atoms with Gasteiger partial charge in [0.15, 0.2) is 0 Å². The molecule has 3 unspecified atom stereocenters. The van der Waals surface area contributed by atoms with Gasteiger partial charge in [-0.15, -0.1) is 8.58 Å². The summed E-state index contributed by atoms with van der Waals surface area (Å²) in [6, 6.07) is 7.71. The Morgan fingerprint density at radius 3 is 2.61 bits per heavy atom. The number of nitrogens with one attached hydrogen (secondary N) is 2. The van der Waals surface area contributed by atoms with Crippen LogP contribution < -0.4 is 10.6 Å². The Bertz CT molecular complexity index is 733. The second kappa shape index (κ2) is 13.6. The maximum absolute atomic E-state index is 13.0. The molecular weight excluding hydrogens is 401 g/mol. The number of benzene rings is 1. The number of nitrogens with zero attached hydrogens (tertiary/aromatic N) is 1. The molecule has 1 aromatic rings. The molecule has 0 saturated carbocycles. The summed E-state index contributed by atoms with van der Waals surface area (Å²) in [5, 5.41) is 6.67. The van der Waals surface area contributed by atoms with E-state index in [1.807, 2.05) is 31.2 Å². The Kier molecular flexibility index (Phi) is 11.2. The molecular formula is C26H42N3OP. The van der Waals surface area contributed by atoms with Gasteiger partial charge in [0, 0.05) is 23.2 Å². The zero-order chi connectivity index (χ0) is 22.6. The van der Waals surface area contributed by atoms with Gasteiger partial charge in [0.05, 0.1) is 11.7 Å². The van der Waals surface area contributed by atoms with Crippen LogP contribution in [0.4, 0.5) is 5.69 Å². The van der Waals surface area contributed by atoms with E-state index in [0.717, 1.165) is 50.4 Å². The molecule has 1 aliphatic heterocycles. The average Bonchev–Trinajstić information content (AvgIpc) is 2.86. The van der Waals surface area contributed by atoms with Crippen LogP contribution in [0.2, 0.25) is 0 Å². The molecule has 0 fully saturated rings. The Morgan fingerprint density at radius 1 is 1.16 bits per heavy atom. The second-order valence-corrected chi connectivity index (χ2v) is 9.87. The Balaban J connectivity index is 2.19. The van der Waals surface area contributed by atoms with E-state index in [1.165, 1.54) is 44.7 Å². The largest absolute Gasteiger partial charge is 0.384 e. The van der Waals surface area contributed by atoms with Gasteiger partial charge < -0.3 is 15.5 Å². The fraction of sp³-hybridized carbons (Fsp3) is 0.577. The third-order valence-electron chi connectivity index (χ3n) is 6.04. The first kappa shape index (κ1) is 25.5. The third kappa shape index (κ3) is 7.38. The van der Waals surface area contributed by atoms with E-state index in [4.69, 9.17) is 0 Å². The standard InChI is InChI=1S/C26H42N3OP/c1-6-8-9-10-11-12-17-25(20(3)27-19-31-18-7-2)29-21(4)23-15-13-14-16-24(23)28-26(30)22(29)5/h13-16,22,25,27,31H,3-4,6-12,17-19H2,1-2,5H3,(H,28,30). The highest BCUT2D eigenvalue weighted by molar-refractivity contribution is 7.37. The van der Waals surface area contributed by atoms with E-state index in [9.17, 15) is 4.79 Å². The van der Waals surface area contributed by atoms with Gasteiger partial charge in [-0.2, -0.15) is 0 Å². The van der Waals surface area contributed by atoms with Crippen LogP contribution in [0.1, 0.15) is 77.7 Å². The normalized spacial score (nSPS) is 17.4. The van der Waals surface area contributed by atoms with E-state index in [-0.39, 0.29) is 18.0 Å². The van der Waals surface area contributed by atoms with Crippen LogP contribution in [-0.4, -0.2) is 35.3 Å². The molecule has 0 radical (unpaired) electrons. The van der Waals surface area contributed by atoms with Crippen LogP contribution in [0.25, 0.3) is 5.70 Å². The van der Waals surface area contributed by atoms with Crippen molar-refractivity contribution in [2.75, 3.05) is 17.8 Å². The van der Waals surface area contributed by atoms with Crippen LogP contribution >= 0.6 is 8.58 Å². The lowest BCUT2D eigenvalue weighted by molar-refractivity contribution is -0.120. The van der Waals surface area contributed by atoms with Crippen molar-refractivity contribution in [1.82, 2.24) is 10.2 Å². The summed E-state index contributed by atoms with van der Waals surface area (Å²) in [7, 11) is 0.889. The SMILES string of the molecule is C=C(NCPCCC)C(CCCCCCCC)N1C(=C)c2ccccc2NC(=O)C1C. The van der Waals surface area contributed by atoms with E-state index >= 15 is 0 Å². The molecule has 0 aromatic heterocycles. The molecule has 5 heteroatoms. The average molecular weight is 444 g/mol. The highest BCUT2D eigenvalue weighted by Gasteiger charge is 2.34. The molecule has 1 aliphatic rings. The summed E-state index contributed by atoms with van der Waals surface area (Å²) in [5.41, 5.74) is 3.75. The summed E-state index contributed by atoms with van der Waals surface area (Å²) in [6.07, 6.45) is 11.9. The topological polar surface area (TPSA) is 44.4 Å². The molecule has 0 aliphatic carbocycles. The van der Waals surface area contributed by atoms with Gasteiger partial charge in [-0.05, 0) is 25.6 Å². The van der Waals surface area contributed by atoms with Gasteiger partial charge in [-0.25, -0.2) is 0 Å². The zero-order valence-electron chi connectivity index (χ0n) is 19.8. The molecule has 0 bridgehead atoms. The van der Waals surface area contributed by atoms with Gasteiger partial charge in [-0.3, -0.25) is 4.79 Å². The van der Waals surface area contributed by atoms with E-state index in [2.05, 4.69) is 42.5 Å². The highest BCUT2D eigenvalue weighted by Crippen LogP contribution is 2.34. The lowest BCUT2D eigenvalue weighted by Gasteiger charge is -2.39. The van der Waals surface area contributed by atoms with Crippen LogP contribution in [0.15, 0.2) is 43.1 Å². The van der Waals surface area contributed by atoms with E-state index in [0.29, 0.717) is 0 Å². The minimum absolute atomic E-state index is 0.0136. The van der Waals surface area contributed by atoms with E-state index < -0.39 is 0 Å². The summed E-state index contributed by atoms with van der Waals surface area (Å²) in [4.78, 5) is 15.2. The van der Waals surface area contributed by atoms with Crippen molar-refractivity contribution in [3.05, 3.63) is 48.7 Å². The van der Waals surface area contributed by atoms with Gasteiger partial charge in [0.1, 0.15) is 6.04 Å². The Labute approximate surface area is 191 Å². The number of fused-ring (bicyclic) bond motifs is 1. The summed E-state index contributed by atoms with van der Waals surface area (Å²) >= 11 is 0.